The van der Waals surface area contributed by atoms with Crippen LogP contribution in [-0.4, -0.2) is 21.7 Å². The van der Waals surface area contributed by atoms with Crippen LogP contribution in [0, 0.1) is 0 Å². The Morgan fingerprint density at radius 3 is 2.38 bits per heavy atom. The summed E-state index contributed by atoms with van der Waals surface area (Å²) >= 11 is 26.0. The Balaban J connectivity index is 1.74. The van der Waals surface area contributed by atoms with E-state index in [1.165, 1.54) is 11.3 Å². The lowest BCUT2D eigenvalue weighted by Gasteiger charge is -2.15. The number of nitrogens with one attached hydrogen (secondary N) is 1. The van der Waals surface area contributed by atoms with Gasteiger partial charge in [0.15, 0.2) is 0 Å². The molecule has 5 nitrogen and oxygen atoms in total. The number of thiophene rings is 1. The molecule has 2 heterocycles. The Hall–Kier alpha value is -2.22. The molecule has 4 aromatic rings. The Morgan fingerprint density at radius 1 is 0.969 bits per heavy atom. The monoisotopic (exact) mass is 526 g/mol. The van der Waals surface area contributed by atoms with Crippen LogP contribution in [0.2, 0.25) is 20.1 Å². The Bertz CT molecular complexity index is 1350. The predicted octanol–water partition coefficient (Wildman–Crippen LogP) is 7.38. The van der Waals surface area contributed by atoms with E-state index >= 15 is 0 Å². The van der Waals surface area contributed by atoms with E-state index in [4.69, 9.17) is 51.5 Å². The van der Waals surface area contributed by atoms with Crippen LogP contribution in [0.5, 0.6) is 0 Å². The second kappa shape index (κ2) is 9.33. The summed E-state index contributed by atoms with van der Waals surface area (Å²) in [6.07, 6.45) is 0.141. The van der Waals surface area contributed by atoms with Crippen molar-refractivity contribution < 1.29 is 14.7 Å². The molecule has 0 aliphatic rings. The summed E-state index contributed by atoms with van der Waals surface area (Å²) < 4.78 is 2.26. The van der Waals surface area contributed by atoms with Crippen LogP contribution >= 0.6 is 57.7 Å². The first-order valence-electron chi connectivity index (χ1n) is 9.31. The summed E-state index contributed by atoms with van der Waals surface area (Å²) in [6.45, 7) is 0. The maximum atomic E-state index is 13.2. The third kappa shape index (κ3) is 4.60. The van der Waals surface area contributed by atoms with Crippen LogP contribution in [0.25, 0.3) is 21.3 Å². The van der Waals surface area contributed by atoms with Gasteiger partial charge in [-0.1, -0.05) is 58.5 Å². The lowest BCUT2D eigenvalue weighted by atomic mass is 10.2. The lowest BCUT2D eigenvalue weighted by Crippen LogP contribution is -2.25. The Morgan fingerprint density at radius 2 is 1.69 bits per heavy atom. The Labute approximate surface area is 207 Å². The van der Waals surface area contributed by atoms with Gasteiger partial charge in [0.1, 0.15) is 4.88 Å². The van der Waals surface area contributed by atoms with E-state index in [0.29, 0.717) is 36.5 Å². The van der Waals surface area contributed by atoms with Crippen LogP contribution in [0.1, 0.15) is 21.8 Å². The standard InChI is InChI=1S/C22H14Cl4N2O3S/c23-12-3-1-11(2-4-12)16-7-5-14(6-8-18(29)30)28(16)27-22(31)21-20(26)19-15(25)9-13(24)10-17(19)32-21/h1-5,7,9-10H,6,8H2,(H,27,31)(H,29,30). The molecule has 2 aromatic heterocycles. The minimum absolute atomic E-state index is 0.0856. The number of amides is 1. The third-order valence-electron chi connectivity index (χ3n) is 4.77. The molecule has 0 bridgehead atoms. The molecule has 0 fully saturated rings. The number of halogens is 4. The minimum Gasteiger partial charge on any atom is -0.481 e. The quantitative estimate of drug-likeness (QED) is 0.274. The van der Waals surface area contributed by atoms with Crippen molar-refractivity contribution >= 4 is 79.7 Å². The molecule has 164 valence electrons. The van der Waals surface area contributed by atoms with Gasteiger partial charge in [-0.25, -0.2) is 0 Å². The zero-order valence-electron chi connectivity index (χ0n) is 16.2. The molecule has 0 aliphatic carbocycles. The van der Waals surface area contributed by atoms with Gasteiger partial charge in [-0.2, -0.15) is 0 Å². The van der Waals surface area contributed by atoms with E-state index < -0.39 is 11.9 Å². The normalized spacial score (nSPS) is 11.1. The van der Waals surface area contributed by atoms with Gasteiger partial charge < -0.3 is 5.11 Å². The van der Waals surface area contributed by atoms with E-state index in [1.807, 2.05) is 18.2 Å². The van der Waals surface area contributed by atoms with Crippen molar-refractivity contribution in [1.82, 2.24) is 4.68 Å². The highest BCUT2D eigenvalue weighted by atomic mass is 35.5. The third-order valence-corrected chi connectivity index (χ3v) is 7.16. The van der Waals surface area contributed by atoms with E-state index in [0.717, 1.165) is 5.56 Å². The number of fused-ring (bicyclic) bond motifs is 1. The number of carbonyl (C=O) groups is 2. The number of carboxylic acids is 1. The highest BCUT2D eigenvalue weighted by molar-refractivity contribution is 7.21. The number of rotatable bonds is 6. The SMILES string of the molecule is O=C(O)CCc1ccc(-c2ccc(Cl)cc2)n1NC(=O)c1sc2cc(Cl)cc(Cl)c2c1Cl. The minimum atomic E-state index is -0.934. The fourth-order valence-corrected chi connectivity index (χ4v) is 5.69. The van der Waals surface area contributed by atoms with E-state index in [2.05, 4.69) is 5.43 Å². The molecule has 2 aromatic carbocycles. The molecule has 2 N–H and O–H groups in total. The molecular weight excluding hydrogens is 514 g/mol. The fraction of sp³-hybridized carbons (Fsp3) is 0.0909. The van der Waals surface area contributed by atoms with Gasteiger partial charge in [-0.05, 0) is 36.4 Å². The predicted molar refractivity (Wildman–Crippen MR) is 131 cm³/mol. The first-order chi connectivity index (χ1) is 15.2. The molecule has 4 rings (SSSR count). The molecule has 0 radical (unpaired) electrons. The number of benzene rings is 2. The number of hydrogen-bond acceptors (Lipinski definition) is 3. The summed E-state index contributed by atoms with van der Waals surface area (Å²) in [5.41, 5.74) is 4.95. The molecule has 32 heavy (non-hydrogen) atoms. The van der Waals surface area contributed by atoms with E-state index in [-0.39, 0.29) is 22.7 Å². The molecule has 0 atom stereocenters. The van der Waals surface area contributed by atoms with Crippen LogP contribution < -0.4 is 5.43 Å². The van der Waals surface area contributed by atoms with Crippen molar-refractivity contribution in [2.45, 2.75) is 12.8 Å². The number of carbonyl (C=O) groups excluding carboxylic acids is 1. The highest BCUT2D eigenvalue weighted by Crippen LogP contribution is 2.41. The van der Waals surface area contributed by atoms with Gasteiger partial charge in [0.2, 0.25) is 0 Å². The van der Waals surface area contributed by atoms with Gasteiger partial charge in [0.05, 0.1) is 22.2 Å². The van der Waals surface area contributed by atoms with Crippen LogP contribution in [0.4, 0.5) is 0 Å². The van der Waals surface area contributed by atoms with Crippen molar-refractivity contribution in [3.63, 3.8) is 0 Å². The summed E-state index contributed by atoms with van der Waals surface area (Å²) in [7, 11) is 0. The van der Waals surface area contributed by atoms with Crippen molar-refractivity contribution in [2.75, 3.05) is 5.43 Å². The summed E-state index contributed by atoms with van der Waals surface area (Å²) in [5, 5.41) is 11.3. The van der Waals surface area contributed by atoms with Gasteiger partial charge in [0.25, 0.3) is 5.91 Å². The number of aryl methyl sites for hydroxylation is 1. The lowest BCUT2D eigenvalue weighted by molar-refractivity contribution is -0.136. The molecule has 0 aliphatic heterocycles. The van der Waals surface area contributed by atoms with Crippen LogP contribution in [0.15, 0.2) is 48.5 Å². The van der Waals surface area contributed by atoms with Crippen molar-refractivity contribution in [1.29, 1.82) is 0 Å². The first-order valence-corrected chi connectivity index (χ1v) is 11.6. The van der Waals surface area contributed by atoms with Crippen LogP contribution in [0.3, 0.4) is 0 Å². The summed E-state index contributed by atoms with van der Waals surface area (Å²) in [4.78, 5) is 24.6. The first kappa shape index (κ1) is 23.0. The average molecular weight is 528 g/mol. The second-order valence-electron chi connectivity index (χ2n) is 6.89. The number of hydrogen-bond donors (Lipinski definition) is 2. The number of aliphatic carboxylic acids is 1. The molecular formula is C22H14Cl4N2O3S. The summed E-state index contributed by atoms with van der Waals surface area (Å²) in [5.74, 6) is -1.39. The van der Waals surface area contributed by atoms with Crippen molar-refractivity contribution in [3.8, 4) is 11.3 Å². The Kier molecular flexibility index (Phi) is 6.70. The van der Waals surface area contributed by atoms with Gasteiger partial charge >= 0.3 is 5.97 Å². The number of carboxylic acid groups (broad SMARTS) is 1. The van der Waals surface area contributed by atoms with Crippen LogP contribution in [-0.2, 0) is 11.2 Å². The van der Waals surface area contributed by atoms with Gasteiger partial charge in [-0.3, -0.25) is 19.7 Å². The topological polar surface area (TPSA) is 71.3 Å². The van der Waals surface area contributed by atoms with E-state index in [9.17, 15) is 9.59 Å². The molecule has 10 heteroatoms. The zero-order chi connectivity index (χ0) is 23.0. The zero-order valence-corrected chi connectivity index (χ0v) is 20.0. The maximum absolute atomic E-state index is 13.2. The van der Waals surface area contributed by atoms with Crippen molar-refractivity contribution in [3.05, 3.63) is 79.2 Å². The molecule has 0 saturated carbocycles. The average Bonchev–Trinajstić information content (AvgIpc) is 3.27. The molecule has 0 unspecified atom stereocenters. The molecule has 1 amide bonds. The molecule has 0 saturated heterocycles. The number of aromatic nitrogens is 1. The van der Waals surface area contributed by atoms with Gasteiger partial charge in [-0.15, -0.1) is 11.3 Å². The smallest absolute Gasteiger partial charge is 0.303 e. The van der Waals surface area contributed by atoms with Crippen molar-refractivity contribution in [2.24, 2.45) is 0 Å². The highest BCUT2D eigenvalue weighted by Gasteiger charge is 2.22. The maximum Gasteiger partial charge on any atom is 0.303 e. The number of nitrogens with zero attached hydrogens (tertiary/aromatic N) is 1. The molecule has 0 spiro atoms. The van der Waals surface area contributed by atoms with Gasteiger partial charge in [0, 0.05) is 37.8 Å². The fourth-order valence-electron chi connectivity index (χ4n) is 3.30. The second-order valence-corrected chi connectivity index (χ2v) is 9.60. The summed E-state index contributed by atoms with van der Waals surface area (Å²) in [6, 6.07) is 14.0. The van der Waals surface area contributed by atoms with E-state index in [1.54, 1.807) is 35.0 Å². The largest absolute Gasteiger partial charge is 0.481 e.